The molecule has 63 heavy (non-hydrogen) atoms. The Hall–Kier alpha value is -5.99. The van der Waals surface area contributed by atoms with Gasteiger partial charge in [0.2, 0.25) is 41.4 Å². The van der Waals surface area contributed by atoms with Gasteiger partial charge >= 0.3 is 23.9 Å². The maximum Gasteiger partial charge on any atom is 0.326 e. The molecule has 0 fully saturated rings. The highest BCUT2D eigenvalue weighted by Gasteiger charge is 2.35. The van der Waals surface area contributed by atoms with E-state index in [0.717, 1.165) is 6.92 Å². The quantitative estimate of drug-likeness (QED) is 0.0281. The highest BCUT2D eigenvalue weighted by molar-refractivity contribution is 5.98. The fraction of sp³-hybridized carbons (Fsp3) is 0.703. The Labute approximate surface area is 362 Å². The third-order valence-electron chi connectivity index (χ3n) is 9.09. The Morgan fingerprint density at radius 2 is 0.889 bits per heavy atom. The van der Waals surface area contributed by atoms with Gasteiger partial charge in [-0.1, -0.05) is 13.8 Å². The molecular formula is C37H63N9O17. The van der Waals surface area contributed by atoms with Crippen LogP contribution in [0.25, 0.3) is 0 Å². The van der Waals surface area contributed by atoms with Gasteiger partial charge < -0.3 is 79.3 Å². The summed E-state index contributed by atoms with van der Waals surface area (Å²) in [5.74, 6) is -13.6. The molecule has 0 bridgehead atoms. The van der Waals surface area contributed by atoms with Crippen LogP contribution in [0.4, 0.5) is 0 Å². The Morgan fingerprint density at radius 1 is 0.492 bits per heavy atom. The van der Waals surface area contributed by atoms with Crippen LogP contribution in [0.1, 0.15) is 91.9 Å². The molecule has 0 aliphatic heterocycles. The van der Waals surface area contributed by atoms with Crippen molar-refractivity contribution < 1.29 is 83.4 Å². The molecule has 0 aromatic carbocycles. The number of carboxylic acids is 4. The fourth-order valence-corrected chi connectivity index (χ4v) is 5.59. The number of carbonyl (C=O) groups is 11. The molecule has 0 aromatic rings. The van der Waals surface area contributed by atoms with E-state index in [0.29, 0.717) is 12.8 Å². The van der Waals surface area contributed by atoms with E-state index in [1.165, 1.54) is 6.92 Å². The Bertz CT molecular complexity index is 1610. The lowest BCUT2D eigenvalue weighted by molar-refractivity contribution is -0.143. The first-order valence-corrected chi connectivity index (χ1v) is 20.1. The third kappa shape index (κ3) is 23.2. The highest BCUT2D eigenvalue weighted by Crippen LogP contribution is 2.08. The number of nitrogens with one attached hydrogen (secondary N) is 7. The Balaban J connectivity index is 6.30. The molecule has 0 aromatic heterocycles. The molecule has 0 unspecified atom stereocenters. The van der Waals surface area contributed by atoms with Crippen molar-refractivity contribution in [2.45, 2.75) is 146 Å². The summed E-state index contributed by atoms with van der Waals surface area (Å²) >= 11 is 0. The molecule has 0 radical (unpaired) electrons. The van der Waals surface area contributed by atoms with E-state index in [4.69, 9.17) is 11.5 Å². The maximum atomic E-state index is 13.6. The minimum absolute atomic E-state index is 0.0419. The van der Waals surface area contributed by atoms with Crippen molar-refractivity contribution in [1.82, 2.24) is 37.2 Å². The zero-order valence-electron chi connectivity index (χ0n) is 35.6. The van der Waals surface area contributed by atoms with Crippen LogP contribution in [0.5, 0.6) is 0 Å². The van der Waals surface area contributed by atoms with Crippen LogP contribution in [0.15, 0.2) is 0 Å². The highest BCUT2D eigenvalue weighted by atomic mass is 16.4. The molecule has 0 aliphatic carbocycles. The lowest BCUT2D eigenvalue weighted by Gasteiger charge is -2.27. The van der Waals surface area contributed by atoms with Crippen LogP contribution in [-0.4, -0.2) is 163 Å². The molecule has 0 heterocycles. The zero-order chi connectivity index (χ0) is 48.6. The molecule has 358 valence electrons. The van der Waals surface area contributed by atoms with Crippen LogP contribution in [0, 0.1) is 5.92 Å². The van der Waals surface area contributed by atoms with Crippen molar-refractivity contribution in [2.24, 2.45) is 17.4 Å². The van der Waals surface area contributed by atoms with Gasteiger partial charge in [-0.3, -0.25) is 47.9 Å². The second-order valence-electron chi connectivity index (χ2n) is 15.1. The minimum Gasteiger partial charge on any atom is -0.481 e. The summed E-state index contributed by atoms with van der Waals surface area (Å²) in [6.07, 6.45) is -4.85. The standard InChI is InChI=1S/C37H63N9O17/c1-17(2)15-20(39)31(56)40-18(3)30(55)41-21(8-11-26(49)50)33(58)45-25(16-47)35(60)43-22(9-12-27(51)52)32(57)42-23(10-13-28(53)54)34(59)46-29(19(4)48)36(61)44-24(37(62)63)7-5-6-14-38/h17-25,29,47-48H,5-16,38-39H2,1-4H3,(H,40,56)(H,41,55)(H,42,57)(H,43,60)(H,44,61)(H,45,58)(H,46,59)(H,49,50)(H,51,52)(H,53,54)(H,62,63)/t18-,19+,20-,21-,22-,23-,24-,25-,29-/m0/s1. The van der Waals surface area contributed by atoms with E-state index in [1.54, 1.807) is 0 Å². The number of aliphatic carboxylic acids is 4. The SMILES string of the molecule is CC(C)C[C@H](N)C(=O)N[C@@H](C)C(=O)N[C@@H](CCC(=O)O)C(=O)N[C@@H](CO)C(=O)N[C@@H](CCC(=O)O)C(=O)N[C@@H](CCC(=O)O)C(=O)N[C@H](C(=O)N[C@@H](CCCCN)C(=O)O)[C@@H](C)O. The summed E-state index contributed by atoms with van der Waals surface area (Å²) in [4.78, 5) is 138. The molecule has 0 rings (SSSR count). The normalized spacial score (nSPS) is 15.3. The van der Waals surface area contributed by atoms with E-state index in [2.05, 4.69) is 37.2 Å². The second kappa shape index (κ2) is 29.3. The molecule has 0 saturated heterocycles. The van der Waals surface area contributed by atoms with E-state index >= 15 is 0 Å². The van der Waals surface area contributed by atoms with Gasteiger partial charge in [0.05, 0.1) is 18.8 Å². The van der Waals surface area contributed by atoms with Gasteiger partial charge in [0.1, 0.15) is 42.3 Å². The van der Waals surface area contributed by atoms with Crippen LogP contribution in [-0.2, 0) is 52.7 Å². The number of unbranched alkanes of at least 4 members (excludes halogenated alkanes) is 1. The first-order chi connectivity index (χ1) is 29.3. The summed E-state index contributed by atoms with van der Waals surface area (Å²) in [6, 6.07) is -12.8. The molecule has 7 amide bonds. The van der Waals surface area contributed by atoms with Gasteiger partial charge in [-0.25, -0.2) is 4.79 Å². The summed E-state index contributed by atoms with van der Waals surface area (Å²) < 4.78 is 0. The number of hydrogen-bond donors (Lipinski definition) is 15. The van der Waals surface area contributed by atoms with Gasteiger partial charge in [-0.15, -0.1) is 0 Å². The van der Waals surface area contributed by atoms with Crippen molar-refractivity contribution in [1.29, 1.82) is 0 Å². The average Bonchev–Trinajstić information content (AvgIpc) is 3.18. The molecule has 26 heteroatoms. The lowest BCUT2D eigenvalue weighted by atomic mass is 10.0. The largest absolute Gasteiger partial charge is 0.481 e. The molecule has 0 spiro atoms. The minimum atomic E-state index is -1.94. The molecular weight excluding hydrogens is 842 g/mol. The number of amides is 7. The predicted molar refractivity (Wildman–Crippen MR) is 217 cm³/mol. The van der Waals surface area contributed by atoms with E-state index < -0.39 is 165 Å². The smallest absolute Gasteiger partial charge is 0.326 e. The van der Waals surface area contributed by atoms with Gasteiger partial charge in [0, 0.05) is 19.3 Å². The summed E-state index contributed by atoms with van der Waals surface area (Å²) in [7, 11) is 0. The zero-order valence-corrected chi connectivity index (χ0v) is 35.6. The van der Waals surface area contributed by atoms with Gasteiger partial charge in [0.25, 0.3) is 0 Å². The fourth-order valence-electron chi connectivity index (χ4n) is 5.59. The Kier molecular flexibility index (Phi) is 26.5. The number of carbonyl (C=O) groups excluding carboxylic acids is 7. The van der Waals surface area contributed by atoms with Crippen LogP contribution in [0.2, 0.25) is 0 Å². The molecule has 26 nitrogen and oxygen atoms in total. The number of rotatable bonds is 32. The summed E-state index contributed by atoms with van der Waals surface area (Å²) in [5, 5.41) is 73.0. The van der Waals surface area contributed by atoms with Crippen molar-refractivity contribution in [3.8, 4) is 0 Å². The van der Waals surface area contributed by atoms with Crippen LogP contribution in [0.3, 0.4) is 0 Å². The summed E-state index contributed by atoms with van der Waals surface area (Å²) in [5.41, 5.74) is 11.3. The van der Waals surface area contributed by atoms with Gasteiger partial charge in [-0.2, -0.15) is 0 Å². The Morgan fingerprint density at radius 3 is 1.27 bits per heavy atom. The number of aliphatic hydroxyl groups is 2. The number of hydrogen-bond acceptors (Lipinski definition) is 15. The van der Waals surface area contributed by atoms with E-state index in [1.807, 2.05) is 13.8 Å². The lowest BCUT2D eigenvalue weighted by Crippen LogP contribution is -2.61. The summed E-state index contributed by atoms with van der Waals surface area (Å²) in [6.45, 7) is 5.03. The van der Waals surface area contributed by atoms with E-state index in [-0.39, 0.29) is 25.3 Å². The van der Waals surface area contributed by atoms with Crippen molar-refractivity contribution in [2.75, 3.05) is 13.2 Å². The second-order valence-corrected chi connectivity index (χ2v) is 15.1. The third-order valence-corrected chi connectivity index (χ3v) is 9.09. The van der Waals surface area contributed by atoms with Crippen molar-refractivity contribution >= 4 is 65.2 Å². The first kappa shape index (κ1) is 57.0. The van der Waals surface area contributed by atoms with Crippen LogP contribution >= 0.6 is 0 Å². The van der Waals surface area contributed by atoms with Crippen molar-refractivity contribution in [3.05, 3.63) is 0 Å². The number of aliphatic hydroxyl groups excluding tert-OH is 2. The monoisotopic (exact) mass is 905 g/mol. The molecule has 9 atom stereocenters. The maximum absolute atomic E-state index is 13.6. The van der Waals surface area contributed by atoms with E-state index in [9.17, 15) is 83.4 Å². The predicted octanol–water partition coefficient (Wildman–Crippen LogP) is -5.05. The average molecular weight is 906 g/mol. The molecule has 17 N–H and O–H groups in total. The van der Waals surface area contributed by atoms with Crippen LogP contribution < -0.4 is 48.7 Å². The number of carboxylic acid groups (broad SMARTS) is 4. The first-order valence-electron chi connectivity index (χ1n) is 20.1. The van der Waals surface area contributed by atoms with Crippen molar-refractivity contribution in [3.63, 3.8) is 0 Å². The topological polar surface area (TPSA) is 445 Å². The van der Waals surface area contributed by atoms with Gasteiger partial charge in [-0.05, 0) is 71.3 Å². The van der Waals surface area contributed by atoms with Gasteiger partial charge in [0.15, 0.2) is 0 Å². The molecule has 0 saturated carbocycles. The number of nitrogens with two attached hydrogens (primary N) is 2. The molecule has 0 aliphatic rings.